The van der Waals surface area contributed by atoms with Gasteiger partial charge in [0, 0.05) is 41.9 Å². The topological polar surface area (TPSA) is 76.5 Å². The largest absolute Gasteiger partial charge is 0.396 e. The highest BCUT2D eigenvalue weighted by Gasteiger charge is 2.86. The highest BCUT2D eigenvalue weighted by Crippen LogP contribution is 2.91. The van der Waals surface area contributed by atoms with Crippen LogP contribution in [0.2, 0.25) is 0 Å². The van der Waals surface area contributed by atoms with Gasteiger partial charge in [0.2, 0.25) is 0 Å². The van der Waals surface area contributed by atoms with Crippen LogP contribution in [0.25, 0.3) is 0 Å². The molecular formula is C40H55NO3. The maximum absolute atomic E-state index is 11.6. The smallest absolute Gasteiger partial charge is 0.0530 e. The Kier molecular flexibility index (Phi) is 6.43. The fourth-order valence-corrected chi connectivity index (χ4v) is 14.5. The normalized spacial score (nSPS) is 47.7. The maximum Gasteiger partial charge on any atom is 0.0530 e. The second-order valence-corrected chi connectivity index (χ2v) is 17.4. The molecule has 11 unspecified atom stereocenters. The van der Waals surface area contributed by atoms with E-state index in [0.717, 1.165) is 32.1 Å². The van der Waals surface area contributed by atoms with Crippen molar-refractivity contribution in [3.05, 3.63) is 72.1 Å². The predicted octanol–water partition coefficient (Wildman–Crippen LogP) is 7.41. The van der Waals surface area contributed by atoms with Gasteiger partial charge in [0.15, 0.2) is 0 Å². The Hall–Kier alpha value is -1.88. The number of allylic oxidation sites excluding steroid dienone is 6. The molecule has 238 valence electrons. The van der Waals surface area contributed by atoms with E-state index in [2.05, 4.69) is 68.4 Å². The predicted molar refractivity (Wildman–Crippen MR) is 175 cm³/mol. The lowest BCUT2D eigenvalue weighted by atomic mass is 9.32. The third-order valence-electron chi connectivity index (χ3n) is 15.7. The molecule has 4 N–H and O–H groups in total. The summed E-state index contributed by atoms with van der Waals surface area (Å²) in [6.07, 6.45) is 27.9. The standard InChI is InChI=1S/C40H55NO3/c1-26-18-32-36(4)34-30(9-15-40(36)33(26)35(40,2)3)8-13-39(25-44)31(6-5-17-42)10-14-38(34,39)24-37(32)12-7-27(21-37)19-29(23-43)20-28-11-16-41-22-28/h8-9,11,13,15-16,18,22,27,29-31,33-34,41-44H,1,5-7,10,12,14,17,19-21,23-25H2,2-4H3. The van der Waals surface area contributed by atoms with E-state index in [1.54, 1.807) is 5.57 Å². The first-order valence-corrected chi connectivity index (χ1v) is 17.8. The van der Waals surface area contributed by atoms with Crippen molar-refractivity contribution in [2.45, 2.75) is 85.0 Å². The second kappa shape index (κ2) is 9.58. The molecule has 1 aromatic rings. The van der Waals surface area contributed by atoms with Crippen LogP contribution in [0.15, 0.2) is 66.6 Å². The first-order valence-electron chi connectivity index (χ1n) is 17.8. The van der Waals surface area contributed by atoms with Crippen LogP contribution < -0.4 is 0 Å². The van der Waals surface area contributed by atoms with Crippen LogP contribution in [0.3, 0.4) is 0 Å². The lowest BCUT2D eigenvalue weighted by Gasteiger charge is -2.71. The molecule has 3 spiro atoms. The summed E-state index contributed by atoms with van der Waals surface area (Å²) in [5.74, 6) is 2.67. The summed E-state index contributed by atoms with van der Waals surface area (Å²) < 4.78 is 0. The van der Waals surface area contributed by atoms with Crippen LogP contribution in [0.5, 0.6) is 0 Å². The number of aliphatic hydroxyl groups excluding tert-OH is 3. The summed E-state index contributed by atoms with van der Waals surface area (Å²) in [4.78, 5) is 3.20. The van der Waals surface area contributed by atoms with Gasteiger partial charge >= 0.3 is 0 Å². The van der Waals surface area contributed by atoms with Crippen LogP contribution in [0.4, 0.5) is 0 Å². The van der Waals surface area contributed by atoms with Crippen LogP contribution in [0, 0.1) is 68.0 Å². The number of aromatic amines is 1. The van der Waals surface area contributed by atoms with Gasteiger partial charge in [-0.2, -0.15) is 0 Å². The average molecular weight is 598 g/mol. The number of hydrogen-bond acceptors (Lipinski definition) is 3. The molecule has 0 saturated heterocycles. The monoisotopic (exact) mass is 597 g/mol. The molecule has 11 atom stereocenters. The van der Waals surface area contributed by atoms with Crippen molar-refractivity contribution in [1.82, 2.24) is 4.98 Å². The summed E-state index contributed by atoms with van der Waals surface area (Å²) in [6.45, 7) is 13.1. The Morgan fingerprint density at radius 2 is 1.89 bits per heavy atom. The molecule has 44 heavy (non-hydrogen) atoms. The van der Waals surface area contributed by atoms with E-state index in [1.165, 1.54) is 43.2 Å². The van der Waals surface area contributed by atoms with E-state index >= 15 is 0 Å². The molecule has 1 aromatic heterocycles. The summed E-state index contributed by atoms with van der Waals surface area (Å²) in [5, 5.41) is 31.9. The van der Waals surface area contributed by atoms with E-state index < -0.39 is 0 Å². The summed E-state index contributed by atoms with van der Waals surface area (Å²) in [5.41, 5.74) is 4.54. The van der Waals surface area contributed by atoms with Crippen LogP contribution in [-0.4, -0.2) is 40.1 Å². The van der Waals surface area contributed by atoms with Gasteiger partial charge in [-0.3, -0.25) is 0 Å². The Labute approximate surface area is 264 Å². The van der Waals surface area contributed by atoms with E-state index in [0.29, 0.717) is 29.6 Å². The molecule has 4 nitrogen and oxygen atoms in total. The Morgan fingerprint density at radius 1 is 1.07 bits per heavy atom. The SMILES string of the molecule is C=C1C=C2C3(CCC(CC(CO)Cc4cc[nH]c4)C3)CC34CCC(CCCO)C3(CO)C=CC3C=CC5(C1C5(C)C)C2(C)C34. The molecule has 0 aromatic carbocycles. The number of rotatable bonds is 9. The minimum Gasteiger partial charge on any atom is -0.396 e. The van der Waals surface area contributed by atoms with Crippen molar-refractivity contribution < 1.29 is 15.3 Å². The number of H-pyrrole nitrogens is 1. The molecule has 0 radical (unpaired) electrons. The molecular weight excluding hydrogens is 542 g/mol. The van der Waals surface area contributed by atoms with Crippen molar-refractivity contribution in [3.8, 4) is 0 Å². The quantitative estimate of drug-likeness (QED) is 0.224. The number of fused-ring (bicyclic) bond motifs is 1. The minimum atomic E-state index is -0.222. The van der Waals surface area contributed by atoms with Gasteiger partial charge in [-0.05, 0) is 128 Å². The van der Waals surface area contributed by atoms with Crippen LogP contribution in [0.1, 0.15) is 84.1 Å². The molecule has 4 fully saturated rings. The fourth-order valence-electron chi connectivity index (χ4n) is 14.5. The highest BCUT2D eigenvalue weighted by atomic mass is 16.3. The molecule has 7 aliphatic carbocycles. The Morgan fingerprint density at radius 3 is 2.61 bits per heavy atom. The van der Waals surface area contributed by atoms with E-state index in [-0.39, 0.29) is 58.2 Å². The van der Waals surface area contributed by atoms with E-state index in [1.807, 2.05) is 6.20 Å². The third-order valence-corrected chi connectivity index (χ3v) is 15.7. The first kappa shape index (κ1) is 29.5. The second-order valence-electron chi connectivity index (χ2n) is 17.4. The number of aromatic nitrogens is 1. The van der Waals surface area contributed by atoms with E-state index in [4.69, 9.17) is 6.58 Å². The van der Waals surface area contributed by atoms with Crippen molar-refractivity contribution in [2.75, 3.05) is 19.8 Å². The molecule has 0 aliphatic heterocycles. The molecule has 7 aliphatic rings. The summed E-state index contributed by atoms with van der Waals surface area (Å²) in [7, 11) is 0. The average Bonchev–Trinajstić information content (AvgIpc) is 3.51. The van der Waals surface area contributed by atoms with Gasteiger partial charge < -0.3 is 20.3 Å². The van der Waals surface area contributed by atoms with Crippen molar-refractivity contribution >= 4 is 0 Å². The zero-order valence-corrected chi connectivity index (χ0v) is 27.3. The maximum atomic E-state index is 11.6. The van der Waals surface area contributed by atoms with Crippen molar-refractivity contribution in [3.63, 3.8) is 0 Å². The molecule has 4 heteroatoms. The summed E-state index contributed by atoms with van der Waals surface area (Å²) in [6, 6.07) is 2.15. The zero-order chi connectivity index (χ0) is 30.8. The molecule has 0 amide bonds. The minimum absolute atomic E-state index is 0.0213. The van der Waals surface area contributed by atoms with Crippen molar-refractivity contribution in [1.29, 1.82) is 0 Å². The lowest BCUT2D eigenvalue weighted by Crippen LogP contribution is -2.66. The van der Waals surface area contributed by atoms with Gasteiger partial charge in [0.25, 0.3) is 0 Å². The van der Waals surface area contributed by atoms with E-state index in [9.17, 15) is 15.3 Å². The summed E-state index contributed by atoms with van der Waals surface area (Å²) >= 11 is 0. The zero-order valence-electron chi connectivity index (χ0n) is 27.3. The van der Waals surface area contributed by atoms with Crippen LogP contribution in [-0.2, 0) is 6.42 Å². The van der Waals surface area contributed by atoms with Crippen LogP contribution >= 0.6 is 0 Å². The Balaban J connectivity index is 1.25. The van der Waals surface area contributed by atoms with Crippen molar-refractivity contribution in [2.24, 2.45) is 68.0 Å². The number of aliphatic hydroxyl groups is 3. The molecule has 0 bridgehead atoms. The first-order chi connectivity index (χ1) is 21.1. The van der Waals surface area contributed by atoms with Gasteiger partial charge in [0.05, 0.1) is 6.61 Å². The third kappa shape index (κ3) is 3.31. The molecule has 4 saturated carbocycles. The number of hydrogen-bond donors (Lipinski definition) is 4. The number of nitrogens with one attached hydrogen (secondary N) is 1. The van der Waals surface area contributed by atoms with Gasteiger partial charge in [-0.15, -0.1) is 0 Å². The molecule has 1 heterocycles. The highest BCUT2D eigenvalue weighted by molar-refractivity contribution is 5.58. The van der Waals surface area contributed by atoms with Gasteiger partial charge in [0.1, 0.15) is 0 Å². The Bertz CT molecular complexity index is 1420. The lowest BCUT2D eigenvalue weighted by molar-refractivity contribution is -0.161. The fraction of sp³-hybridized carbons (Fsp3) is 0.700. The van der Waals surface area contributed by atoms with Gasteiger partial charge in [-0.25, -0.2) is 0 Å². The molecule has 8 rings (SSSR count). The van der Waals surface area contributed by atoms with Gasteiger partial charge in [-0.1, -0.05) is 68.9 Å².